The number of ether oxygens (including phenoxy) is 1. The molecule has 2 N–H and O–H groups in total. The summed E-state index contributed by atoms with van der Waals surface area (Å²) in [4.78, 5) is 54.1. The molecule has 0 unspecified atom stereocenters. The van der Waals surface area contributed by atoms with Crippen LogP contribution in [0.15, 0.2) is 24.3 Å². The maximum Gasteiger partial charge on any atom is 0.326 e. The SMILES string of the molecule is CCCC[C@@]1(C)NC(=O)N(CC(=O)O[C@@H](C)C(=O)c2c(C)[nH]c3ccccc23)C1=O. The van der Waals surface area contributed by atoms with Gasteiger partial charge in [0.15, 0.2) is 6.10 Å². The minimum Gasteiger partial charge on any atom is -0.453 e. The average molecular weight is 413 g/mol. The van der Waals surface area contributed by atoms with E-state index >= 15 is 0 Å². The van der Waals surface area contributed by atoms with Crippen LogP contribution in [0.2, 0.25) is 0 Å². The Morgan fingerprint density at radius 3 is 2.63 bits per heavy atom. The number of aryl methyl sites for hydroxylation is 1. The first kappa shape index (κ1) is 21.5. The van der Waals surface area contributed by atoms with Crippen LogP contribution in [-0.4, -0.2) is 51.8 Å². The molecule has 1 aromatic heterocycles. The molecule has 0 radical (unpaired) electrons. The maximum absolute atomic E-state index is 12.9. The van der Waals surface area contributed by atoms with Gasteiger partial charge in [-0.3, -0.25) is 19.3 Å². The van der Waals surface area contributed by atoms with E-state index in [0.717, 1.165) is 28.6 Å². The number of para-hydroxylation sites is 1. The van der Waals surface area contributed by atoms with Crippen molar-refractivity contribution in [3.63, 3.8) is 0 Å². The number of nitrogens with one attached hydrogen (secondary N) is 2. The van der Waals surface area contributed by atoms with Gasteiger partial charge in [-0.1, -0.05) is 38.0 Å². The van der Waals surface area contributed by atoms with Crippen LogP contribution in [0.5, 0.6) is 0 Å². The van der Waals surface area contributed by atoms with Crippen molar-refractivity contribution >= 4 is 34.6 Å². The lowest BCUT2D eigenvalue weighted by atomic mass is 9.95. The lowest BCUT2D eigenvalue weighted by molar-refractivity contribution is -0.149. The molecule has 0 aliphatic carbocycles. The first-order valence-electron chi connectivity index (χ1n) is 10.1. The number of hydrogen-bond donors (Lipinski definition) is 2. The van der Waals surface area contributed by atoms with E-state index < -0.39 is 36.1 Å². The largest absolute Gasteiger partial charge is 0.453 e. The number of benzene rings is 1. The summed E-state index contributed by atoms with van der Waals surface area (Å²) in [5.41, 5.74) is 0.955. The number of amides is 3. The lowest BCUT2D eigenvalue weighted by Crippen LogP contribution is -2.44. The van der Waals surface area contributed by atoms with Crippen molar-refractivity contribution < 1.29 is 23.9 Å². The number of aromatic nitrogens is 1. The highest BCUT2D eigenvalue weighted by Gasteiger charge is 2.48. The van der Waals surface area contributed by atoms with Gasteiger partial charge in [0.2, 0.25) is 5.78 Å². The summed E-state index contributed by atoms with van der Waals surface area (Å²) in [6.07, 6.45) is 1.10. The van der Waals surface area contributed by atoms with E-state index in [2.05, 4.69) is 10.3 Å². The van der Waals surface area contributed by atoms with Gasteiger partial charge in [-0.05, 0) is 33.3 Å². The molecule has 0 saturated carbocycles. The van der Waals surface area contributed by atoms with Gasteiger partial charge in [0.1, 0.15) is 12.1 Å². The predicted octanol–water partition coefficient (Wildman–Crippen LogP) is 3.09. The van der Waals surface area contributed by atoms with Gasteiger partial charge in [-0.15, -0.1) is 0 Å². The molecule has 1 aliphatic heterocycles. The summed E-state index contributed by atoms with van der Waals surface area (Å²) in [7, 11) is 0. The maximum atomic E-state index is 12.9. The molecule has 2 heterocycles. The molecule has 30 heavy (non-hydrogen) atoms. The highest BCUT2D eigenvalue weighted by molar-refractivity contribution is 6.12. The van der Waals surface area contributed by atoms with Gasteiger partial charge in [0.25, 0.3) is 5.91 Å². The number of ketones is 1. The van der Waals surface area contributed by atoms with E-state index in [1.165, 1.54) is 6.92 Å². The number of rotatable bonds is 8. The van der Waals surface area contributed by atoms with Gasteiger partial charge in [-0.25, -0.2) is 4.79 Å². The number of urea groups is 1. The Morgan fingerprint density at radius 2 is 1.93 bits per heavy atom. The predicted molar refractivity (Wildman–Crippen MR) is 111 cm³/mol. The number of hydrogen-bond acceptors (Lipinski definition) is 5. The van der Waals surface area contributed by atoms with E-state index in [1.807, 2.05) is 31.2 Å². The lowest BCUT2D eigenvalue weighted by Gasteiger charge is -2.21. The van der Waals surface area contributed by atoms with Crippen LogP contribution in [0.3, 0.4) is 0 Å². The number of imide groups is 1. The van der Waals surface area contributed by atoms with E-state index in [1.54, 1.807) is 13.8 Å². The molecule has 8 nitrogen and oxygen atoms in total. The number of esters is 1. The fourth-order valence-electron chi connectivity index (χ4n) is 3.80. The topological polar surface area (TPSA) is 109 Å². The minimum absolute atomic E-state index is 0.344. The normalized spacial score (nSPS) is 19.8. The molecule has 2 aromatic rings. The number of aromatic amines is 1. The van der Waals surface area contributed by atoms with Gasteiger partial charge >= 0.3 is 12.0 Å². The van der Waals surface area contributed by atoms with Crippen LogP contribution in [0.4, 0.5) is 4.79 Å². The van der Waals surface area contributed by atoms with Crippen LogP contribution in [0.1, 0.15) is 56.1 Å². The Balaban J connectivity index is 1.67. The van der Waals surface area contributed by atoms with Crippen LogP contribution in [0, 0.1) is 6.92 Å². The first-order chi connectivity index (χ1) is 14.2. The Morgan fingerprint density at radius 1 is 1.23 bits per heavy atom. The monoisotopic (exact) mass is 413 g/mol. The van der Waals surface area contributed by atoms with Crippen molar-refractivity contribution in [3.05, 3.63) is 35.5 Å². The third-order valence-electron chi connectivity index (χ3n) is 5.48. The number of carbonyl (C=O) groups excluding carboxylic acids is 4. The number of nitrogens with zero attached hydrogens (tertiary/aromatic N) is 1. The van der Waals surface area contributed by atoms with E-state index in [0.29, 0.717) is 17.7 Å². The van der Waals surface area contributed by atoms with Crippen LogP contribution >= 0.6 is 0 Å². The van der Waals surface area contributed by atoms with Gasteiger partial charge in [0.05, 0.1) is 0 Å². The first-order valence-corrected chi connectivity index (χ1v) is 10.1. The standard InChI is InChI=1S/C22H27N3O5/c1-5-6-11-22(4)20(28)25(21(29)24-22)12-17(26)30-14(3)19(27)18-13(2)23-16-10-8-7-9-15(16)18/h7-10,14,23H,5-6,11-12H2,1-4H3,(H,24,29)/t14-,22+/m0/s1. The van der Waals surface area contributed by atoms with Crippen LogP contribution in [0.25, 0.3) is 10.9 Å². The van der Waals surface area contributed by atoms with E-state index in [-0.39, 0.29) is 5.78 Å². The molecule has 1 aromatic carbocycles. The molecule has 160 valence electrons. The second-order valence-electron chi connectivity index (χ2n) is 7.92. The summed E-state index contributed by atoms with van der Waals surface area (Å²) in [6.45, 7) is 6.38. The zero-order valence-electron chi connectivity index (χ0n) is 17.7. The molecule has 2 atom stereocenters. The molecule has 3 amide bonds. The van der Waals surface area contributed by atoms with Crippen LogP contribution < -0.4 is 5.32 Å². The summed E-state index contributed by atoms with van der Waals surface area (Å²) in [5.74, 6) is -1.61. The summed E-state index contributed by atoms with van der Waals surface area (Å²) in [5, 5.41) is 3.41. The Labute approximate surface area is 174 Å². The highest BCUT2D eigenvalue weighted by atomic mass is 16.5. The summed E-state index contributed by atoms with van der Waals surface area (Å²) < 4.78 is 5.27. The van der Waals surface area contributed by atoms with E-state index in [9.17, 15) is 19.2 Å². The zero-order chi connectivity index (χ0) is 22.1. The molecule has 8 heteroatoms. The molecule has 1 fully saturated rings. The summed E-state index contributed by atoms with van der Waals surface area (Å²) in [6, 6.07) is 6.76. The van der Waals surface area contributed by atoms with Crippen LogP contribution in [-0.2, 0) is 14.3 Å². The molecule has 0 spiro atoms. The smallest absolute Gasteiger partial charge is 0.326 e. The third kappa shape index (κ3) is 3.94. The van der Waals surface area contributed by atoms with Crippen molar-refractivity contribution in [1.82, 2.24) is 15.2 Å². The highest BCUT2D eigenvalue weighted by Crippen LogP contribution is 2.25. The van der Waals surface area contributed by atoms with Crippen molar-refractivity contribution in [2.75, 3.05) is 6.54 Å². The number of Topliss-reactive ketones (excluding diaryl/α,β-unsaturated/α-hetero) is 1. The van der Waals surface area contributed by atoms with Gasteiger partial charge in [-0.2, -0.15) is 0 Å². The number of H-pyrrole nitrogens is 1. The molecule has 3 rings (SSSR count). The quantitative estimate of drug-likeness (QED) is 0.393. The van der Waals surface area contributed by atoms with Crippen molar-refractivity contribution in [2.45, 2.75) is 58.6 Å². The second-order valence-corrected chi connectivity index (χ2v) is 7.92. The molecule has 1 aliphatic rings. The minimum atomic E-state index is -1.05. The van der Waals surface area contributed by atoms with Gasteiger partial charge in [0, 0.05) is 22.2 Å². The Kier molecular flexibility index (Phi) is 5.96. The van der Waals surface area contributed by atoms with Crippen molar-refractivity contribution in [1.29, 1.82) is 0 Å². The molecule has 1 saturated heterocycles. The fourth-order valence-corrected chi connectivity index (χ4v) is 3.80. The second kappa shape index (κ2) is 8.30. The zero-order valence-corrected chi connectivity index (χ0v) is 17.7. The fraction of sp³-hybridized carbons (Fsp3) is 0.455. The van der Waals surface area contributed by atoms with Crippen molar-refractivity contribution in [2.24, 2.45) is 0 Å². The van der Waals surface area contributed by atoms with Crippen molar-refractivity contribution in [3.8, 4) is 0 Å². The average Bonchev–Trinajstić information content (AvgIpc) is 3.14. The molecule has 0 bridgehead atoms. The van der Waals surface area contributed by atoms with Gasteiger partial charge < -0.3 is 15.0 Å². The molecular weight excluding hydrogens is 386 g/mol. The Hall–Kier alpha value is -3.16. The number of unbranched alkanes of at least 4 members (excludes halogenated alkanes) is 1. The molecular formula is C22H27N3O5. The number of carbonyl (C=O) groups is 4. The van der Waals surface area contributed by atoms with E-state index in [4.69, 9.17) is 4.74 Å². The Bertz CT molecular complexity index is 1010. The number of fused-ring (bicyclic) bond motifs is 1. The summed E-state index contributed by atoms with van der Waals surface area (Å²) >= 11 is 0. The third-order valence-corrected chi connectivity index (χ3v) is 5.48.